The van der Waals surface area contributed by atoms with Gasteiger partial charge in [0.05, 0.1) is 16.6 Å². The summed E-state index contributed by atoms with van der Waals surface area (Å²) in [4.78, 5) is 12.6. The van der Waals surface area contributed by atoms with Crippen LogP contribution >= 0.6 is 31.9 Å². The van der Waals surface area contributed by atoms with Crippen molar-refractivity contribution in [3.05, 3.63) is 69.1 Å². The molecular weight excluding hydrogens is 484 g/mol. The molecule has 0 amide bonds. The summed E-state index contributed by atoms with van der Waals surface area (Å²) in [5.74, 6) is 0.876. The van der Waals surface area contributed by atoms with E-state index in [-0.39, 0.29) is 0 Å². The van der Waals surface area contributed by atoms with E-state index in [4.69, 9.17) is 9.47 Å². The Morgan fingerprint density at radius 1 is 0.857 bits per heavy atom. The van der Waals surface area contributed by atoms with Gasteiger partial charge >= 0.3 is 5.97 Å². The van der Waals surface area contributed by atoms with E-state index in [1.54, 1.807) is 24.3 Å². The average Bonchev–Trinajstić information content (AvgIpc) is 2.71. The molecular formula is C23H22Br2O3. The fourth-order valence-electron chi connectivity index (χ4n) is 2.94. The standard InChI is InChI=1S/C23H22Br2O3/c1-2-3-4-7-14-27-22-12-10-16(15-20(22)25)23(26)28-21-13-11-19(24)17-8-5-6-9-18(17)21/h5-6,8-13,15H,2-4,7,14H2,1H3. The number of carbonyl (C=O) groups is 1. The molecule has 28 heavy (non-hydrogen) atoms. The normalized spacial score (nSPS) is 10.8. The second-order valence-corrected chi connectivity index (χ2v) is 8.24. The summed E-state index contributed by atoms with van der Waals surface area (Å²) in [5.41, 5.74) is 0.470. The monoisotopic (exact) mass is 504 g/mol. The van der Waals surface area contributed by atoms with Crippen molar-refractivity contribution in [1.82, 2.24) is 0 Å². The van der Waals surface area contributed by atoms with E-state index in [0.29, 0.717) is 17.9 Å². The first-order valence-electron chi connectivity index (χ1n) is 9.42. The minimum absolute atomic E-state index is 0.400. The van der Waals surface area contributed by atoms with E-state index in [9.17, 15) is 4.79 Å². The number of fused-ring (bicyclic) bond motifs is 1. The summed E-state index contributed by atoms with van der Waals surface area (Å²) in [6.07, 6.45) is 4.62. The summed E-state index contributed by atoms with van der Waals surface area (Å²) in [6.45, 7) is 2.86. The molecule has 0 N–H and O–H groups in total. The van der Waals surface area contributed by atoms with Gasteiger partial charge in [-0.25, -0.2) is 4.79 Å². The Morgan fingerprint density at radius 2 is 1.61 bits per heavy atom. The number of carbonyl (C=O) groups excluding carboxylic acids is 1. The van der Waals surface area contributed by atoms with Crippen LogP contribution in [0.4, 0.5) is 0 Å². The summed E-state index contributed by atoms with van der Waals surface area (Å²) in [6, 6.07) is 16.8. The molecule has 0 saturated heterocycles. The molecule has 0 atom stereocenters. The van der Waals surface area contributed by atoms with Gasteiger partial charge in [-0.05, 0) is 58.1 Å². The van der Waals surface area contributed by atoms with Crippen LogP contribution < -0.4 is 9.47 Å². The molecule has 0 fully saturated rings. The van der Waals surface area contributed by atoms with Gasteiger partial charge in [0.15, 0.2) is 0 Å². The molecule has 3 aromatic rings. The van der Waals surface area contributed by atoms with Crippen molar-refractivity contribution in [2.45, 2.75) is 32.6 Å². The zero-order valence-electron chi connectivity index (χ0n) is 15.7. The number of esters is 1. The number of unbranched alkanes of at least 4 members (excludes halogenated alkanes) is 3. The number of benzene rings is 3. The van der Waals surface area contributed by atoms with Crippen LogP contribution in [0, 0.1) is 0 Å². The maximum Gasteiger partial charge on any atom is 0.343 e. The predicted molar refractivity (Wildman–Crippen MR) is 120 cm³/mol. The van der Waals surface area contributed by atoms with Gasteiger partial charge in [-0.2, -0.15) is 0 Å². The number of halogens is 2. The lowest BCUT2D eigenvalue weighted by Gasteiger charge is -2.11. The smallest absolute Gasteiger partial charge is 0.343 e. The second-order valence-electron chi connectivity index (χ2n) is 6.53. The molecule has 0 aromatic heterocycles. The fourth-order valence-corrected chi connectivity index (χ4v) is 3.91. The third-order valence-electron chi connectivity index (χ3n) is 4.46. The summed E-state index contributed by atoms with van der Waals surface area (Å²) >= 11 is 7.03. The molecule has 0 aliphatic carbocycles. The van der Waals surface area contributed by atoms with E-state index < -0.39 is 5.97 Å². The number of rotatable bonds is 8. The molecule has 3 nitrogen and oxygen atoms in total. The molecule has 0 aliphatic rings. The van der Waals surface area contributed by atoms with Gasteiger partial charge in [-0.1, -0.05) is 66.4 Å². The Bertz CT molecular complexity index is 969. The van der Waals surface area contributed by atoms with E-state index in [1.165, 1.54) is 19.3 Å². The van der Waals surface area contributed by atoms with E-state index in [2.05, 4.69) is 38.8 Å². The highest BCUT2D eigenvalue weighted by molar-refractivity contribution is 9.11. The Kier molecular flexibility index (Phi) is 7.51. The molecule has 3 rings (SSSR count). The highest BCUT2D eigenvalue weighted by atomic mass is 79.9. The van der Waals surface area contributed by atoms with Gasteiger partial charge in [-0.15, -0.1) is 0 Å². The number of hydrogen-bond acceptors (Lipinski definition) is 3. The van der Waals surface area contributed by atoms with Crippen molar-refractivity contribution in [3.8, 4) is 11.5 Å². The van der Waals surface area contributed by atoms with Gasteiger partial charge in [0, 0.05) is 9.86 Å². The topological polar surface area (TPSA) is 35.5 Å². The lowest BCUT2D eigenvalue weighted by molar-refractivity contribution is 0.0737. The van der Waals surface area contributed by atoms with Crippen LogP contribution in [0.1, 0.15) is 43.0 Å². The van der Waals surface area contributed by atoms with Crippen molar-refractivity contribution in [1.29, 1.82) is 0 Å². The Morgan fingerprint density at radius 3 is 2.36 bits per heavy atom. The van der Waals surface area contributed by atoms with E-state index >= 15 is 0 Å². The zero-order chi connectivity index (χ0) is 19.9. The van der Waals surface area contributed by atoms with Crippen LogP contribution in [0.5, 0.6) is 11.5 Å². The van der Waals surface area contributed by atoms with Crippen molar-refractivity contribution in [3.63, 3.8) is 0 Å². The second kappa shape index (κ2) is 10.1. The molecule has 5 heteroatoms. The minimum Gasteiger partial charge on any atom is -0.492 e. The SMILES string of the molecule is CCCCCCOc1ccc(C(=O)Oc2ccc(Br)c3ccccc23)cc1Br. The predicted octanol–water partition coefficient (Wildman–Crippen LogP) is 7.54. The molecule has 0 aliphatic heterocycles. The van der Waals surface area contributed by atoms with Gasteiger partial charge in [0.1, 0.15) is 11.5 Å². The van der Waals surface area contributed by atoms with Crippen LogP contribution in [0.2, 0.25) is 0 Å². The third-order valence-corrected chi connectivity index (χ3v) is 5.77. The van der Waals surface area contributed by atoms with Crippen molar-refractivity contribution in [2.24, 2.45) is 0 Å². The molecule has 146 valence electrons. The highest BCUT2D eigenvalue weighted by Crippen LogP contribution is 2.32. The van der Waals surface area contributed by atoms with Crippen LogP contribution in [-0.2, 0) is 0 Å². The molecule has 0 radical (unpaired) electrons. The van der Waals surface area contributed by atoms with Crippen molar-refractivity contribution >= 4 is 48.6 Å². The summed E-state index contributed by atoms with van der Waals surface area (Å²) in [5, 5.41) is 1.89. The van der Waals surface area contributed by atoms with Gasteiger partial charge in [-0.3, -0.25) is 0 Å². The van der Waals surface area contributed by atoms with Crippen LogP contribution in [0.3, 0.4) is 0 Å². The quantitative estimate of drug-likeness (QED) is 0.180. The van der Waals surface area contributed by atoms with E-state index in [1.807, 2.05) is 30.3 Å². The largest absolute Gasteiger partial charge is 0.492 e. The lowest BCUT2D eigenvalue weighted by atomic mass is 10.1. The van der Waals surface area contributed by atoms with Crippen LogP contribution in [-0.4, -0.2) is 12.6 Å². The lowest BCUT2D eigenvalue weighted by Crippen LogP contribution is -2.09. The van der Waals surface area contributed by atoms with Gasteiger partial charge in [0.25, 0.3) is 0 Å². The van der Waals surface area contributed by atoms with Gasteiger partial charge in [0.2, 0.25) is 0 Å². The molecule has 0 bridgehead atoms. The maximum absolute atomic E-state index is 12.6. The van der Waals surface area contributed by atoms with Crippen molar-refractivity contribution < 1.29 is 14.3 Å². The summed E-state index contributed by atoms with van der Waals surface area (Å²) < 4.78 is 13.2. The molecule has 0 unspecified atom stereocenters. The maximum atomic E-state index is 12.6. The Labute approximate surface area is 182 Å². The zero-order valence-corrected chi connectivity index (χ0v) is 18.9. The minimum atomic E-state index is -0.400. The average molecular weight is 506 g/mol. The first-order chi connectivity index (χ1) is 13.6. The molecule has 0 heterocycles. The Balaban J connectivity index is 1.70. The van der Waals surface area contributed by atoms with Crippen LogP contribution in [0.15, 0.2) is 63.5 Å². The molecule has 0 saturated carbocycles. The highest BCUT2D eigenvalue weighted by Gasteiger charge is 2.14. The molecule has 0 spiro atoms. The van der Waals surface area contributed by atoms with Gasteiger partial charge < -0.3 is 9.47 Å². The molecule has 3 aromatic carbocycles. The van der Waals surface area contributed by atoms with E-state index in [0.717, 1.165) is 31.9 Å². The Hall–Kier alpha value is -1.85. The van der Waals surface area contributed by atoms with Crippen LogP contribution in [0.25, 0.3) is 10.8 Å². The number of hydrogen-bond donors (Lipinski definition) is 0. The number of ether oxygens (including phenoxy) is 2. The summed E-state index contributed by atoms with van der Waals surface area (Å²) in [7, 11) is 0. The third kappa shape index (κ3) is 5.15. The first-order valence-corrected chi connectivity index (χ1v) is 11.0. The first kappa shape index (κ1) is 20.9. The fraction of sp³-hybridized carbons (Fsp3) is 0.261. The van der Waals surface area contributed by atoms with Crippen molar-refractivity contribution in [2.75, 3.05) is 6.61 Å².